The zero-order chi connectivity index (χ0) is 24.9. The zero-order valence-corrected chi connectivity index (χ0v) is 19.0. The molecule has 0 saturated carbocycles. The van der Waals surface area contributed by atoms with Crippen LogP contribution in [-0.4, -0.2) is 24.8 Å². The predicted octanol–water partition coefficient (Wildman–Crippen LogP) is 6.46. The molecule has 0 heterocycles. The summed E-state index contributed by atoms with van der Waals surface area (Å²) in [6, 6.07) is 14.8. The van der Waals surface area contributed by atoms with Gasteiger partial charge in [0.15, 0.2) is 0 Å². The van der Waals surface area contributed by atoms with Gasteiger partial charge in [0.05, 0.1) is 0 Å². The second-order valence-corrected chi connectivity index (χ2v) is 8.93. The first-order valence-electron chi connectivity index (χ1n) is 10.9. The minimum Gasteiger partial charge on any atom is -0.358 e. The number of halogens is 4. The van der Waals surface area contributed by atoms with Crippen molar-refractivity contribution in [1.29, 1.82) is 5.41 Å². The predicted molar refractivity (Wildman–Crippen MR) is 126 cm³/mol. The Labute approximate surface area is 196 Å². The van der Waals surface area contributed by atoms with Crippen molar-refractivity contribution in [3.8, 4) is 0 Å². The van der Waals surface area contributed by atoms with Crippen LogP contribution in [0.4, 0.5) is 23.2 Å². The molecule has 2 aromatic rings. The van der Waals surface area contributed by atoms with Gasteiger partial charge in [0.25, 0.3) is 0 Å². The van der Waals surface area contributed by atoms with Gasteiger partial charge in [-0.1, -0.05) is 50.2 Å². The summed E-state index contributed by atoms with van der Waals surface area (Å²) >= 11 is 0. The van der Waals surface area contributed by atoms with E-state index in [1.807, 2.05) is 53.8 Å². The lowest BCUT2D eigenvalue weighted by molar-refractivity contribution is -0.174. The summed E-state index contributed by atoms with van der Waals surface area (Å²) < 4.78 is 51.6. The minimum atomic E-state index is -4.95. The molecule has 4 nitrogen and oxygen atoms in total. The van der Waals surface area contributed by atoms with Crippen molar-refractivity contribution >= 4 is 17.8 Å². The third kappa shape index (κ3) is 6.12. The van der Waals surface area contributed by atoms with Crippen LogP contribution in [0.5, 0.6) is 0 Å². The summed E-state index contributed by atoms with van der Waals surface area (Å²) in [5.74, 6) is -2.52. The molecule has 34 heavy (non-hydrogen) atoms. The van der Waals surface area contributed by atoms with E-state index >= 15 is 0 Å². The Morgan fingerprint density at radius 3 is 2.35 bits per heavy atom. The normalized spacial score (nSPS) is 15.1. The lowest BCUT2D eigenvalue weighted by Gasteiger charge is -2.36. The van der Waals surface area contributed by atoms with Gasteiger partial charge < -0.3 is 16.0 Å². The lowest BCUT2D eigenvalue weighted by atomic mass is 9.71. The van der Waals surface area contributed by atoms with Crippen molar-refractivity contribution in [3.63, 3.8) is 0 Å². The third-order valence-electron chi connectivity index (χ3n) is 5.83. The van der Waals surface area contributed by atoms with Crippen molar-refractivity contribution in [1.82, 2.24) is 5.32 Å². The van der Waals surface area contributed by atoms with Gasteiger partial charge in [-0.25, -0.2) is 4.39 Å². The monoisotopic (exact) mass is 473 g/mol. The molecule has 0 bridgehead atoms. The van der Waals surface area contributed by atoms with Gasteiger partial charge in [-0.05, 0) is 47.2 Å². The van der Waals surface area contributed by atoms with E-state index in [-0.39, 0.29) is 18.3 Å². The average molecular weight is 474 g/mol. The number of nitrogens with one attached hydrogen (secondary N) is 3. The Hall–Kier alpha value is -3.42. The van der Waals surface area contributed by atoms with Crippen molar-refractivity contribution in [2.24, 2.45) is 5.41 Å². The summed E-state index contributed by atoms with van der Waals surface area (Å²) in [5, 5.41) is 13.2. The molecule has 1 aliphatic rings. The van der Waals surface area contributed by atoms with Crippen LogP contribution in [0.1, 0.15) is 49.3 Å². The van der Waals surface area contributed by atoms with Crippen LogP contribution < -0.4 is 10.6 Å². The number of carbonyl (C=O) groups excluding carboxylic acids is 1. The van der Waals surface area contributed by atoms with Crippen LogP contribution in [0.2, 0.25) is 0 Å². The molecule has 0 spiro atoms. The molecule has 0 aromatic heterocycles. The molecule has 2 aromatic carbocycles. The fourth-order valence-corrected chi connectivity index (χ4v) is 4.13. The SMILES string of the molecule is CC(C)(CNC(=O)C(F)(F)F)[C@H](c1ccccc1)c1ccc(NC2=CC=C(F)CC2)c(C=N)c1. The Bertz CT molecular complexity index is 1100. The van der Waals surface area contributed by atoms with Gasteiger partial charge in [0.2, 0.25) is 0 Å². The van der Waals surface area contributed by atoms with Crippen LogP contribution in [0.25, 0.3) is 0 Å². The fourth-order valence-electron chi connectivity index (χ4n) is 4.13. The highest BCUT2D eigenvalue weighted by Crippen LogP contribution is 2.41. The number of anilines is 1. The number of hydrogen-bond donors (Lipinski definition) is 3. The van der Waals surface area contributed by atoms with E-state index in [0.717, 1.165) is 16.8 Å². The van der Waals surface area contributed by atoms with Gasteiger partial charge in [-0.3, -0.25) is 4.79 Å². The average Bonchev–Trinajstić information content (AvgIpc) is 2.80. The number of hydrogen-bond acceptors (Lipinski definition) is 3. The minimum absolute atomic E-state index is 0.182. The Balaban J connectivity index is 1.95. The van der Waals surface area contributed by atoms with Gasteiger partial charge in [-0.15, -0.1) is 0 Å². The number of alkyl halides is 3. The van der Waals surface area contributed by atoms with Crippen molar-refractivity contribution in [2.45, 2.75) is 38.8 Å². The second-order valence-electron chi connectivity index (χ2n) is 8.93. The number of rotatable bonds is 8. The smallest absolute Gasteiger partial charge is 0.358 e. The second kappa shape index (κ2) is 10.2. The van der Waals surface area contributed by atoms with E-state index in [4.69, 9.17) is 5.41 Å². The standard InChI is InChI=1S/C26H27F4N3O/c1-25(2,16-32-24(34)26(28,29)30)23(17-6-4-3-5-7-17)18-8-13-22(19(14-18)15-31)33-21-11-9-20(27)10-12-21/h3-9,11,13-15,23,31,33H,10,12,16H2,1-2H3,(H,32,34)/t23-/m1/s1. The number of allylic oxidation sites excluding steroid dienone is 4. The number of benzene rings is 2. The third-order valence-corrected chi connectivity index (χ3v) is 5.83. The van der Waals surface area contributed by atoms with Crippen molar-refractivity contribution in [3.05, 3.63) is 88.9 Å². The van der Waals surface area contributed by atoms with E-state index < -0.39 is 17.5 Å². The first-order chi connectivity index (χ1) is 16.0. The molecule has 1 atom stereocenters. The molecule has 3 rings (SSSR count). The summed E-state index contributed by atoms with van der Waals surface area (Å²) in [6.45, 7) is 3.40. The molecule has 0 fully saturated rings. The van der Waals surface area contributed by atoms with E-state index in [9.17, 15) is 22.4 Å². The van der Waals surface area contributed by atoms with Crippen molar-refractivity contribution in [2.75, 3.05) is 11.9 Å². The van der Waals surface area contributed by atoms with E-state index in [1.54, 1.807) is 19.9 Å². The molecular formula is C26H27F4N3O. The van der Waals surface area contributed by atoms with Gasteiger partial charge in [0, 0.05) is 42.0 Å². The molecule has 3 N–H and O–H groups in total. The van der Waals surface area contributed by atoms with Gasteiger partial charge in [0.1, 0.15) is 5.83 Å². The van der Waals surface area contributed by atoms with Gasteiger partial charge >= 0.3 is 12.1 Å². The first kappa shape index (κ1) is 25.2. The fraction of sp³-hybridized carbons (Fsp3) is 0.308. The van der Waals surface area contributed by atoms with E-state index in [0.29, 0.717) is 24.1 Å². The molecule has 0 unspecified atom stereocenters. The summed E-state index contributed by atoms with van der Waals surface area (Å²) in [4.78, 5) is 11.5. The molecule has 0 radical (unpaired) electrons. The topological polar surface area (TPSA) is 65.0 Å². The Kier molecular flexibility index (Phi) is 7.59. The molecule has 0 aliphatic heterocycles. The number of carbonyl (C=O) groups is 1. The van der Waals surface area contributed by atoms with E-state index in [2.05, 4.69) is 5.32 Å². The summed E-state index contributed by atoms with van der Waals surface area (Å²) in [5.41, 5.74) is 2.98. The molecule has 1 aliphatic carbocycles. The van der Waals surface area contributed by atoms with Crippen LogP contribution in [0, 0.1) is 10.8 Å². The van der Waals surface area contributed by atoms with Crippen LogP contribution >= 0.6 is 0 Å². The highest BCUT2D eigenvalue weighted by molar-refractivity contribution is 5.87. The highest BCUT2D eigenvalue weighted by Gasteiger charge is 2.40. The molecular weight excluding hydrogens is 446 g/mol. The van der Waals surface area contributed by atoms with Crippen LogP contribution in [0.3, 0.4) is 0 Å². The molecule has 8 heteroatoms. The maximum absolute atomic E-state index is 13.3. The summed E-state index contributed by atoms with van der Waals surface area (Å²) in [6.07, 6.45) is 0.148. The van der Waals surface area contributed by atoms with Gasteiger partial charge in [-0.2, -0.15) is 13.2 Å². The maximum Gasteiger partial charge on any atom is 0.471 e. The zero-order valence-electron chi connectivity index (χ0n) is 19.0. The number of amides is 1. The van der Waals surface area contributed by atoms with Crippen LogP contribution in [-0.2, 0) is 4.79 Å². The first-order valence-corrected chi connectivity index (χ1v) is 10.9. The maximum atomic E-state index is 13.3. The molecule has 180 valence electrons. The molecule has 1 amide bonds. The Morgan fingerprint density at radius 2 is 1.76 bits per heavy atom. The Morgan fingerprint density at radius 1 is 1.06 bits per heavy atom. The summed E-state index contributed by atoms with van der Waals surface area (Å²) in [7, 11) is 0. The van der Waals surface area contributed by atoms with E-state index in [1.165, 1.54) is 12.3 Å². The van der Waals surface area contributed by atoms with Crippen molar-refractivity contribution < 1.29 is 22.4 Å². The lowest BCUT2D eigenvalue weighted by Crippen LogP contribution is -2.43. The van der Waals surface area contributed by atoms with Crippen LogP contribution in [0.15, 0.2) is 72.2 Å². The molecule has 0 saturated heterocycles. The quantitative estimate of drug-likeness (QED) is 0.304. The highest BCUT2D eigenvalue weighted by atomic mass is 19.4. The largest absolute Gasteiger partial charge is 0.471 e.